The highest BCUT2D eigenvalue weighted by Crippen LogP contribution is 2.19. The fourth-order valence-electron chi connectivity index (χ4n) is 1.50. The van der Waals surface area contributed by atoms with E-state index in [0.717, 1.165) is 12.2 Å². The van der Waals surface area contributed by atoms with E-state index >= 15 is 0 Å². The molecule has 1 aromatic carbocycles. The van der Waals surface area contributed by atoms with E-state index in [4.69, 9.17) is 10.5 Å². The lowest BCUT2D eigenvalue weighted by Crippen LogP contribution is -2.29. The van der Waals surface area contributed by atoms with Crippen molar-refractivity contribution in [3.05, 3.63) is 24.3 Å². The zero-order valence-electron chi connectivity index (χ0n) is 11.9. The number of benzene rings is 1. The molecule has 7 heteroatoms. The molecule has 0 spiro atoms. The summed E-state index contributed by atoms with van der Waals surface area (Å²) in [6.07, 6.45) is 2.73. The van der Waals surface area contributed by atoms with Crippen LogP contribution in [0.1, 0.15) is 6.42 Å². The van der Waals surface area contributed by atoms with Crippen LogP contribution in [0.15, 0.2) is 29.2 Å². The third-order valence-electron chi connectivity index (χ3n) is 2.76. The van der Waals surface area contributed by atoms with E-state index < -0.39 is 10.0 Å². The Morgan fingerprint density at radius 3 is 2.50 bits per heavy atom. The van der Waals surface area contributed by atoms with E-state index in [9.17, 15) is 8.42 Å². The summed E-state index contributed by atoms with van der Waals surface area (Å²) in [5, 5.41) is 0. The Hall–Kier alpha value is -0.760. The van der Waals surface area contributed by atoms with Gasteiger partial charge in [0.25, 0.3) is 0 Å². The summed E-state index contributed by atoms with van der Waals surface area (Å²) in [6.45, 7) is 1.61. The van der Waals surface area contributed by atoms with Gasteiger partial charge in [0, 0.05) is 19.3 Å². The van der Waals surface area contributed by atoms with E-state index in [-0.39, 0.29) is 4.90 Å². The van der Waals surface area contributed by atoms with Gasteiger partial charge >= 0.3 is 0 Å². The molecular formula is C13H22N2O3S2. The molecule has 0 radical (unpaired) electrons. The van der Waals surface area contributed by atoms with Gasteiger partial charge in [-0.3, -0.25) is 0 Å². The lowest BCUT2D eigenvalue weighted by Gasteiger charge is -2.16. The van der Waals surface area contributed by atoms with Crippen LogP contribution < -0.4 is 10.5 Å². The largest absolute Gasteiger partial charge is 0.494 e. The lowest BCUT2D eigenvalue weighted by molar-refractivity contribution is 0.313. The van der Waals surface area contributed by atoms with Gasteiger partial charge in [0.15, 0.2) is 0 Å². The minimum atomic E-state index is -3.41. The Kier molecular flexibility index (Phi) is 7.36. The third-order valence-corrected chi connectivity index (χ3v) is 5.22. The molecule has 2 N–H and O–H groups in total. The second-order valence-corrected chi connectivity index (χ2v) is 7.31. The summed E-state index contributed by atoms with van der Waals surface area (Å²) in [4.78, 5) is 0.285. The van der Waals surface area contributed by atoms with Crippen molar-refractivity contribution >= 4 is 21.8 Å². The van der Waals surface area contributed by atoms with E-state index in [2.05, 4.69) is 0 Å². The highest BCUT2D eigenvalue weighted by atomic mass is 32.2. The molecule has 0 amide bonds. The highest BCUT2D eigenvalue weighted by Gasteiger charge is 2.19. The van der Waals surface area contributed by atoms with Crippen LogP contribution in [0, 0.1) is 0 Å². The number of hydrogen-bond acceptors (Lipinski definition) is 5. The van der Waals surface area contributed by atoms with Crippen LogP contribution in [0.2, 0.25) is 0 Å². The molecule has 1 aromatic rings. The molecule has 0 aliphatic carbocycles. The van der Waals surface area contributed by atoms with Gasteiger partial charge in [-0.1, -0.05) is 0 Å². The second kappa shape index (κ2) is 8.51. The summed E-state index contributed by atoms with van der Waals surface area (Å²) >= 11 is 1.62. The molecule has 1 rings (SSSR count). The number of nitrogens with two attached hydrogens (primary N) is 1. The predicted octanol–water partition coefficient (Wildman–Crippen LogP) is 1.40. The van der Waals surface area contributed by atoms with E-state index in [0.29, 0.717) is 25.4 Å². The van der Waals surface area contributed by atoms with Crippen molar-refractivity contribution < 1.29 is 13.2 Å². The van der Waals surface area contributed by atoms with Crippen LogP contribution in [0.3, 0.4) is 0 Å². The minimum Gasteiger partial charge on any atom is -0.494 e. The first-order valence-electron chi connectivity index (χ1n) is 6.40. The van der Waals surface area contributed by atoms with E-state index in [1.54, 1.807) is 43.1 Å². The number of rotatable bonds is 9. The molecule has 0 bridgehead atoms. The van der Waals surface area contributed by atoms with Crippen molar-refractivity contribution in [2.24, 2.45) is 5.73 Å². The Morgan fingerprint density at radius 2 is 1.95 bits per heavy atom. The van der Waals surface area contributed by atoms with Crippen LogP contribution in [0.4, 0.5) is 0 Å². The summed E-state index contributed by atoms with van der Waals surface area (Å²) in [5.41, 5.74) is 5.38. The van der Waals surface area contributed by atoms with Gasteiger partial charge < -0.3 is 10.5 Å². The van der Waals surface area contributed by atoms with Crippen molar-refractivity contribution in [2.45, 2.75) is 11.3 Å². The Bertz CT molecular complexity index is 489. The quantitative estimate of drug-likeness (QED) is 0.697. The average Bonchev–Trinajstić information content (AvgIpc) is 2.45. The number of thioether (sulfide) groups is 1. The molecule has 0 heterocycles. The first-order chi connectivity index (χ1) is 9.52. The van der Waals surface area contributed by atoms with Crippen molar-refractivity contribution in [2.75, 3.05) is 38.8 Å². The molecule has 5 nitrogen and oxygen atoms in total. The van der Waals surface area contributed by atoms with Gasteiger partial charge in [-0.05, 0) is 43.5 Å². The molecule has 114 valence electrons. The Labute approximate surface area is 125 Å². The zero-order valence-corrected chi connectivity index (χ0v) is 13.5. The Morgan fingerprint density at radius 1 is 1.30 bits per heavy atom. The maximum Gasteiger partial charge on any atom is 0.242 e. The fraction of sp³-hybridized carbons (Fsp3) is 0.538. The number of sulfonamides is 1. The molecular weight excluding hydrogens is 296 g/mol. The number of hydrogen-bond donors (Lipinski definition) is 1. The lowest BCUT2D eigenvalue weighted by atomic mass is 10.3. The molecule has 0 saturated carbocycles. The maximum absolute atomic E-state index is 12.3. The molecule has 0 atom stereocenters. The summed E-state index contributed by atoms with van der Waals surface area (Å²) < 4.78 is 31.4. The molecule has 20 heavy (non-hydrogen) atoms. The molecule has 0 unspecified atom stereocenters. The van der Waals surface area contributed by atoms with E-state index in [1.807, 2.05) is 6.26 Å². The van der Waals surface area contributed by atoms with Crippen LogP contribution in [-0.2, 0) is 10.0 Å². The molecule has 0 aliphatic rings. The van der Waals surface area contributed by atoms with Gasteiger partial charge in [0.1, 0.15) is 5.75 Å². The first kappa shape index (κ1) is 17.3. The summed E-state index contributed by atoms with van der Waals surface area (Å²) in [7, 11) is -1.81. The monoisotopic (exact) mass is 318 g/mol. The zero-order chi connectivity index (χ0) is 15.0. The van der Waals surface area contributed by atoms with Crippen molar-refractivity contribution in [1.29, 1.82) is 0 Å². The van der Waals surface area contributed by atoms with Crippen molar-refractivity contribution in [3.8, 4) is 5.75 Å². The van der Waals surface area contributed by atoms with Crippen LogP contribution in [0.5, 0.6) is 5.75 Å². The van der Waals surface area contributed by atoms with E-state index in [1.165, 1.54) is 4.31 Å². The van der Waals surface area contributed by atoms with Gasteiger partial charge in [0.05, 0.1) is 11.5 Å². The Balaban J connectivity index is 2.71. The minimum absolute atomic E-state index is 0.285. The molecule has 0 aliphatic heterocycles. The SMILES string of the molecule is CSCCN(C)S(=O)(=O)c1ccc(OCCCN)cc1. The molecule has 0 fully saturated rings. The summed E-state index contributed by atoms with van der Waals surface area (Å²) in [6, 6.07) is 6.49. The highest BCUT2D eigenvalue weighted by molar-refractivity contribution is 7.98. The average molecular weight is 318 g/mol. The normalized spacial score (nSPS) is 11.8. The summed E-state index contributed by atoms with van der Waals surface area (Å²) in [5.74, 6) is 1.43. The van der Waals surface area contributed by atoms with Gasteiger partial charge in [0.2, 0.25) is 10.0 Å². The predicted molar refractivity (Wildman–Crippen MR) is 83.8 cm³/mol. The number of nitrogens with zero attached hydrogens (tertiary/aromatic N) is 1. The van der Waals surface area contributed by atoms with Crippen molar-refractivity contribution in [3.63, 3.8) is 0 Å². The first-order valence-corrected chi connectivity index (χ1v) is 9.24. The number of ether oxygens (including phenoxy) is 1. The standard InChI is InChI=1S/C13H22N2O3S2/c1-15(9-11-19-2)20(16,17)13-6-4-12(5-7-13)18-10-3-8-14/h4-7H,3,8-11,14H2,1-2H3. The van der Waals surface area contributed by atoms with Crippen LogP contribution in [-0.4, -0.2) is 51.5 Å². The topological polar surface area (TPSA) is 72.6 Å². The van der Waals surface area contributed by atoms with Gasteiger partial charge in [-0.25, -0.2) is 12.7 Å². The third kappa shape index (κ3) is 4.97. The van der Waals surface area contributed by atoms with Gasteiger partial charge in [-0.2, -0.15) is 11.8 Å². The van der Waals surface area contributed by atoms with Crippen molar-refractivity contribution in [1.82, 2.24) is 4.31 Å². The van der Waals surface area contributed by atoms with Crippen LogP contribution in [0.25, 0.3) is 0 Å². The molecule has 0 saturated heterocycles. The van der Waals surface area contributed by atoms with Gasteiger partial charge in [-0.15, -0.1) is 0 Å². The fourth-order valence-corrected chi connectivity index (χ4v) is 3.24. The molecule has 0 aromatic heterocycles. The second-order valence-electron chi connectivity index (χ2n) is 4.28. The smallest absolute Gasteiger partial charge is 0.242 e. The maximum atomic E-state index is 12.3. The van der Waals surface area contributed by atoms with Crippen LogP contribution >= 0.6 is 11.8 Å².